The second-order valence-corrected chi connectivity index (χ2v) is 7.45. The summed E-state index contributed by atoms with van der Waals surface area (Å²) in [5, 5.41) is 9.15. The van der Waals surface area contributed by atoms with E-state index < -0.39 is 6.29 Å². The van der Waals surface area contributed by atoms with Crippen LogP contribution in [0.15, 0.2) is 30.6 Å². The summed E-state index contributed by atoms with van der Waals surface area (Å²) in [6, 6.07) is 5.29. The first-order valence-electron chi connectivity index (χ1n) is 9.42. The van der Waals surface area contributed by atoms with Crippen LogP contribution < -0.4 is 9.47 Å². The Kier molecular flexibility index (Phi) is 4.26. The number of alkyl halides is 2. The lowest BCUT2D eigenvalue weighted by atomic mass is 10.1. The van der Waals surface area contributed by atoms with Gasteiger partial charge in [0.1, 0.15) is 5.82 Å². The Labute approximate surface area is 160 Å². The first-order chi connectivity index (χ1) is 13.5. The normalized spacial score (nSPS) is 28.5. The van der Waals surface area contributed by atoms with Crippen LogP contribution in [-0.2, 0) is 4.74 Å². The molecule has 2 fully saturated rings. The molecule has 1 aromatic carbocycles. The topological polar surface area (TPSA) is 69.0 Å². The number of benzene rings is 1. The average molecular weight is 393 g/mol. The molecule has 3 atom stereocenters. The molecule has 3 aliphatic rings. The predicted molar refractivity (Wildman–Crippen MR) is 94.3 cm³/mol. The van der Waals surface area contributed by atoms with Crippen molar-refractivity contribution >= 4 is 0 Å². The number of morpholine rings is 1. The minimum Gasteiger partial charge on any atom is -0.396 e. The van der Waals surface area contributed by atoms with Crippen LogP contribution in [0.3, 0.4) is 0 Å². The predicted octanol–water partition coefficient (Wildman–Crippen LogP) is 2.27. The first-order valence-corrected chi connectivity index (χ1v) is 9.42. The summed E-state index contributed by atoms with van der Waals surface area (Å²) in [4.78, 5) is 6.85. The zero-order valence-electron chi connectivity index (χ0n) is 15.1. The maximum absolute atomic E-state index is 13.3. The van der Waals surface area contributed by atoms with Gasteiger partial charge in [-0.25, -0.2) is 4.98 Å². The van der Waals surface area contributed by atoms with Crippen molar-refractivity contribution in [2.24, 2.45) is 0 Å². The fraction of sp³-hybridized carbons (Fsp3) is 0.526. The van der Waals surface area contributed by atoms with Gasteiger partial charge in [-0.05, 0) is 31.0 Å². The molecule has 3 aliphatic heterocycles. The van der Waals surface area contributed by atoms with E-state index in [1.807, 2.05) is 6.20 Å². The molecular weight excluding hydrogens is 372 g/mol. The average Bonchev–Trinajstić information content (AvgIpc) is 3.35. The standard InChI is InChI=1S/C19H21F2N3O4/c20-19(21)27-16-2-1-12(7-17(16)28-19)18-22-4-5-24(18)13-8-14-11-26-15(3-6-25)10-23(14)9-13/h1-2,4-5,7,13-15,25H,3,6,8-11H2/t13-,14+,15+/m1/s1. The molecule has 0 bridgehead atoms. The largest absolute Gasteiger partial charge is 0.586 e. The summed E-state index contributed by atoms with van der Waals surface area (Å²) in [6.45, 7) is 2.46. The fourth-order valence-corrected chi connectivity index (χ4v) is 4.36. The number of halogens is 2. The number of aromatic nitrogens is 2. The van der Waals surface area contributed by atoms with E-state index in [0.717, 1.165) is 19.5 Å². The highest BCUT2D eigenvalue weighted by Crippen LogP contribution is 2.43. The van der Waals surface area contributed by atoms with Crippen LogP contribution >= 0.6 is 0 Å². The number of imidazole rings is 1. The number of nitrogens with zero attached hydrogens (tertiary/aromatic N) is 3. The van der Waals surface area contributed by atoms with Crippen molar-refractivity contribution in [3.8, 4) is 22.9 Å². The lowest BCUT2D eigenvalue weighted by Crippen LogP contribution is -2.46. The maximum Gasteiger partial charge on any atom is 0.586 e. The van der Waals surface area contributed by atoms with Crippen molar-refractivity contribution in [3.05, 3.63) is 30.6 Å². The molecule has 28 heavy (non-hydrogen) atoms. The molecule has 1 N–H and O–H groups in total. The van der Waals surface area contributed by atoms with E-state index in [1.54, 1.807) is 12.3 Å². The van der Waals surface area contributed by atoms with Crippen molar-refractivity contribution in [1.29, 1.82) is 0 Å². The molecule has 0 spiro atoms. The third-order valence-corrected chi connectivity index (χ3v) is 5.64. The summed E-state index contributed by atoms with van der Waals surface area (Å²) in [7, 11) is 0. The number of aliphatic hydroxyl groups is 1. The first kappa shape index (κ1) is 17.8. The van der Waals surface area contributed by atoms with Crippen LogP contribution in [0.25, 0.3) is 11.4 Å². The smallest absolute Gasteiger partial charge is 0.396 e. The molecule has 0 unspecified atom stereocenters. The Morgan fingerprint density at radius 2 is 2.04 bits per heavy atom. The molecule has 9 heteroatoms. The Balaban J connectivity index is 1.37. The van der Waals surface area contributed by atoms with Crippen LogP contribution in [0.1, 0.15) is 18.9 Å². The molecule has 0 radical (unpaired) electrons. The molecule has 0 saturated carbocycles. The van der Waals surface area contributed by atoms with Gasteiger partial charge in [0.15, 0.2) is 11.5 Å². The highest BCUT2D eigenvalue weighted by Gasteiger charge is 2.44. The lowest BCUT2D eigenvalue weighted by Gasteiger charge is -2.34. The number of hydrogen-bond donors (Lipinski definition) is 1. The Hall–Kier alpha value is -2.23. The number of hydrogen-bond acceptors (Lipinski definition) is 6. The molecule has 2 aromatic rings. The van der Waals surface area contributed by atoms with Crippen LogP contribution in [0, 0.1) is 0 Å². The number of rotatable bonds is 4. The molecule has 4 heterocycles. The van der Waals surface area contributed by atoms with Crippen molar-refractivity contribution in [3.63, 3.8) is 0 Å². The lowest BCUT2D eigenvalue weighted by molar-refractivity contribution is -0.286. The Morgan fingerprint density at radius 1 is 1.18 bits per heavy atom. The summed E-state index contributed by atoms with van der Waals surface area (Å²) in [5.74, 6) is 0.748. The number of ether oxygens (including phenoxy) is 3. The quantitative estimate of drug-likeness (QED) is 0.860. The molecule has 150 valence electrons. The molecule has 0 amide bonds. The zero-order valence-corrected chi connectivity index (χ0v) is 15.1. The van der Waals surface area contributed by atoms with Gasteiger partial charge in [0, 0.05) is 49.7 Å². The van der Waals surface area contributed by atoms with Crippen LogP contribution in [0.5, 0.6) is 11.5 Å². The minimum atomic E-state index is -3.63. The van der Waals surface area contributed by atoms with Gasteiger partial charge in [0.2, 0.25) is 0 Å². The zero-order chi connectivity index (χ0) is 19.3. The van der Waals surface area contributed by atoms with Gasteiger partial charge in [-0.1, -0.05) is 0 Å². The van der Waals surface area contributed by atoms with Gasteiger partial charge in [0.05, 0.1) is 12.7 Å². The van der Waals surface area contributed by atoms with E-state index in [1.165, 1.54) is 12.1 Å². The second kappa shape index (κ2) is 6.68. The number of fused-ring (bicyclic) bond motifs is 2. The third kappa shape index (κ3) is 3.13. The van der Waals surface area contributed by atoms with Crippen molar-refractivity contribution in [1.82, 2.24) is 14.5 Å². The van der Waals surface area contributed by atoms with E-state index in [2.05, 4.69) is 23.9 Å². The molecular formula is C19H21F2N3O4. The van der Waals surface area contributed by atoms with Crippen LogP contribution in [0.4, 0.5) is 8.78 Å². The van der Waals surface area contributed by atoms with E-state index in [0.29, 0.717) is 30.5 Å². The van der Waals surface area contributed by atoms with E-state index in [9.17, 15) is 8.78 Å². The summed E-state index contributed by atoms with van der Waals surface area (Å²) in [5.41, 5.74) is 0.698. The number of aliphatic hydroxyl groups excluding tert-OH is 1. The van der Waals surface area contributed by atoms with Crippen molar-refractivity contribution in [2.45, 2.75) is 37.3 Å². The van der Waals surface area contributed by atoms with Gasteiger partial charge in [-0.3, -0.25) is 4.90 Å². The van der Waals surface area contributed by atoms with Gasteiger partial charge < -0.3 is 23.9 Å². The molecule has 5 rings (SSSR count). The Morgan fingerprint density at radius 3 is 2.89 bits per heavy atom. The summed E-state index contributed by atoms with van der Waals surface area (Å²) < 4.78 is 43.6. The second-order valence-electron chi connectivity index (χ2n) is 7.45. The van der Waals surface area contributed by atoms with Gasteiger partial charge in [0.25, 0.3) is 0 Å². The van der Waals surface area contributed by atoms with E-state index in [4.69, 9.17) is 9.84 Å². The van der Waals surface area contributed by atoms with Crippen LogP contribution in [0.2, 0.25) is 0 Å². The summed E-state index contributed by atoms with van der Waals surface area (Å²) in [6.07, 6.45) is 1.65. The molecule has 2 saturated heterocycles. The molecule has 7 nitrogen and oxygen atoms in total. The summed E-state index contributed by atoms with van der Waals surface area (Å²) >= 11 is 0. The van der Waals surface area contributed by atoms with Crippen molar-refractivity contribution in [2.75, 3.05) is 26.3 Å². The van der Waals surface area contributed by atoms with Crippen molar-refractivity contribution < 1.29 is 28.1 Å². The van der Waals surface area contributed by atoms with Gasteiger partial charge in [-0.15, -0.1) is 8.78 Å². The van der Waals surface area contributed by atoms with Gasteiger partial charge >= 0.3 is 6.29 Å². The van der Waals surface area contributed by atoms with Gasteiger partial charge in [-0.2, -0.15) is 0 Å². The Bertz CT molecular complexity index is 875. The van der Waals surface area contributed by atoms with E-state index >= 15 is 0 Å². The minimum absolute atomic E-state index is 0.0149. The SMILES string of the molecule is OCC[C@H]1CN2C[C@H](n3ccnc3-c3ccc4c(c3)OC(F)(F)O4)C[C@H]2CO1. The molecule has 1 aromatic heterocycles. The van der Waals surface area contributed by atoms with E-state index in [-0.39, 0.29) is 30.3 Å². The molecule has 0 aliphatic carbocycles. The monoisotopic (exact) mass is 393 g/mol. The highest BCUT2D eigenvalue weighted by atomic mass is 19.3. The van der Waals surface area contributed by atoms with Crippen LogP contribution in [-0.4, -0.2) is 64.3 Å². The third-order valence-electron chi connectivity index (χ3n) is 5.64. The highest BCUT2D eigenvalue weighted by molar-refractivity contribution is 5.62. The maximum atomic E-state index is 13.3. The fourth-order valence-electron chi connectivity index (χ4n) is 4.36.